The lowest BCUT2D eigenvalue weighted by atomic mass is 9.82. The van der Waals surface area contributed by atoms with Crippen LogP contribution in [0.2, 0.25) is 0 Å². The molecule has 0 amide bonds. The van der Waals surface area contributed by atoms with Crippen molar-refractivity contribution < 1.29 is 13.2 Å². The maximum absolute atomic E-state index is 13.9. The predicted molar refractivity (Wildman–Crippen MR) is 156 cm³/mol. The number of benzene rings is 6. The number of rotatable bonds is 3. The van der Waals surface area contributed by atoms with E-state index in [2.05, 4.69) is 74.5 Å². The van der Waals surface area contributed by atoms with Gasteiger partial charge in [-0.3, -0.25) is 0 Å². The van der Waals surface area contributed by atoms with Crippen LogP contribution in [0.4, 0.5) is 13.2 Å². The lowest BCUT2D eigenvalue weighted by Gasteiger charge is -2.21. The molecule has 7 rings (SSSR count). The van der Waals surface area contributed by atoms with E-state index in [-0.39, 0.29) is 0 Å². The number of alkyl halides is 3. The van der Waals surface area contributed by atoms with Crippen LogP contribution in [-0.2, 0) is 12.6 Å². The van der Waals surface area contributed by atoms with Gasteiger partial charge in [-0.05, 0) is 103 Å². The summed E-state index contributed by atoms with van der Waals surface area (Å²) in [7, 11) is 0. The molecule has 39 heavy (non-hydrogen) atoms. The molecule has 0 fully saturated rings. The highest BCUT2D eigenvalue weighted by molar-refractivity contribution is 6.27. The van der Waals surface area contributed by atoms with Crippen molar-refractivity contribution in [3.05, 3.63) is 120 Å². The van der Waals surface area contributed by atoms with Crippen molar-refractivity contribution in [2.45, 2.75) is 26.4 Å². The van der Waals surface area contributed by atoms with E-state index in [1.165, 1.54) is 34.0 Å². The Hall–Kier alpha value is -4.37. The van der Waals surface area contributed by atoms with Crippen LogP contribution < -0.4 is 0 Å². The molecule has 190 valence electrons. The minimum Gasteiger partial charge on any atom is -0.166 e. The molecule has 0 aromatic heterocycles. The van der Waals surface area contributed by atoms with Gasteiger partial charge in [0, 0.05) is 0 Å². The summed E-state index contributed by atoms with van der Waals surface area (Å²) in [5, 5.41) is 4.34. The molecule has 1 aliphatic carbocycles. The van der Waals surface area contributed by atoms with Crippen molar-refractivity contribution in [3.63, 3.8) is 0 Å². The standard InChI is InChI=1S/C36H25F3/c1-3-22-9-6-10-23(19-22)31-27-13-4-5-14-28(27)32(24-11-7-12-25(20-24)36(37,38)39)34-29-16-8-15-26-21(2)17-18-30(33(26)29)35(31)34/h4-20H,3H2,1-2H3. The van der Waals surface area contributed by atoms with E-state index in [1.54, 1.807) is 0 Å². The van der Waals surface area contributed by atoms with Crippen molar-refractivity contribution in [1.29, 1.82) is 0 Å². The predicted octanol–water partition coefficient (Wildman–Crippen LogP) is 10.9. The second-order valence-corrected chi connectivity index (χ2v) is 10.3. The van der Waals surface area contributed by atoms with E-state index < -0.39 is 11.7 Å². The summed E-state index contributed by atoms with van der Waals surface area (Å²) in [6.07, 6.45) is -3.50. The van der Waals surface area contributed by atoms with E-state index in [9.17, 15) is 13.2 Å². The van der Waals surface area contributed by atoms with Crippen molar-refractivity contribution in [3.8, 4) is 44.5 Å². The minimum atomic E-state index is -4.42. The molecular weight excluding hydrogens is 489 g/mol. The molecule has 0 atom stereocenters. The van der Waals surface area contributed by atoms with Crippen LogP contribution in [0.3, 0.4) is 0 Å². The zero-order valence-corrected chi connectivity index (χ0v) is 21.7. The topological polar surface area (TPSA) is 0 Å². The molecule has 0 aliphatic heterocycles. The maximum Gasteiger partial charge on any atom is 0.416 e. The Morgan fingerprint density at radius 2 is 1.15 bits per heavy atom. The first-order valence-corrected chi connectivity index (χ1v) is 13.3. The molecule has 6 aromatic carbocycles. The summed E-state index contributed by atoms with van der Waals surface area (Å²) >= 11 is 0. The van der Waals surface area contributed by atoms with Crippen molar-refractivity contribution in [2.24, 2.45) is 0 Å². The second kappa shape index (κ2) is 8.57. The van der Waals surface area contributed by atoms with Gasteiger partial charge in [-0.2, -0.15) is 13.2 Å². The molecule has 6 aromatic rings. The summed E-state index contributed by atoms with van der Waals surface area (Å²) in [5.74, 6) is 0. The molecule has 0 nitrogen and oxygen atoms in total. The molecule has 0 saturated heterocycles. The zero-order chi connectivity index (χ0) is 26.9. The quantitative estimate of drug-likeness (QED) is 0.220. The third-order valence-electron chi connectivity index (χ3n) is 8.12. The Balaban J connectivity index is 1.71. The number of hydrogen-bond acceptors (Lipinski definition) is 0. The van der Waals surface area contributed by atoms with Crippen LogP contribution in [0, 0.1) is 6.92 Å². The number of hydrogen-bond donors (Lipinski definition) is 0. The van der Waals surface area contributed by atoms with Crippen molar-refractivity contribution in [1.82, 2.24) is 0 Å². The Bertz CT molecular complexity index is 1940. The summed E-state index contributed by atoms with van der Waals surface area (Å²) in [6, 6.07) is 33.2. The molecule has 0 radical (unpaired) electrons. The fourth-order valence-corrected chi connectivity index (χ4v) is 6.34. The number of aryl methyl sites for hydroxylation is 2. The molecule has 0 spiro atoms. The first kappa shape index (κ1) is 23.7. The summed E-state index contributed by atoms with van der Waals surface area (Å²) < 4.78 is 41.6. The van der Waals surface area contributed by atoms with Gasteiger partial charge < -0.3 is 0 Å². The van der Waals surface area contributed by atoms with E-state index >= 15 is 0 Å². The fraction of sp³-hybridized carbons (Fsp3) is 0.111. The average Bonchev–Trinajstić information content (AvgIpc) is 3.28. The SMILES string of the molecule is CCc1cccc(-c2c3c(c(-c4cccc(C(F)(F)F)c4)c4ccccc24)-c2cccc4c(C)ccc-3c24)c1. The van der Waals surface area contributed by atoms with Crippen LogP contribution in [0.1, 0.15) is 23.6 Å². The van der Waals surface area contributed by atoms with E-state index in [0.717, 1.165) is 62.2 Å². The largest absolute Gasteiger partial charge is 0.416 e. The van der Waals surface area contributed by atoms with Gasteiger partial charge in [0.25, 0.3) is 0 Å². The molecule has 0 unspecified atom stereocenters. The molecular formula is C36H25F3. The van der Waals surface area contributed by atoms with Crippen LogP contribution >= 0.6 is 0 Å². The first-order valence-electron chi connectivity index (χ1n) is 13.3. The summed E-state index contributed by atoms with van der Waals surface area (Å²) in [4.78, 5) is 0. The molecule has 0 N–H and O–H groups in total. The van der Waals surface area contributed by atoms with Crippen LogP contribution in [0.25, 0.3) is 66.1 Å². The average molecular weight is 515 g/mol. The molecule has 0 bridgehead atoms. The Kier molecular flexibility index (Phi) is 5.21. The van der Waals surface area contributed by atoms with Crippen molar-refractivity contribution in [2.75, 3.05) is 0 Å². The maximum atomic E-state index is 13.9. The molecule has 1 aliphatic rings. The van der Waals surface area contributed by atoms with Crippen LogP contribution in [0.5, 0.6) is 0 Å². The first-order chi connectivity index (χ1) is 18.9. The van der Waals surface area contributed by atoms with Gasteiger partial charge in [-0.25, -0.2) is 0 Å². The minimum absolute atomic E-state index is 0.577. The molecule has 3 heteroatoms. The van der Waals surface area contributed by atoms with Gasteiger partial charge in [0.05, 0.1) is 5.56 Å². The summed E-state index contributed by atoms with van der Waals surface area (Å²) in [6.45, 7) is 4.26. The van der Waals surface area contributed by atoms with Gasteiger partial charge in [0.1, 0.15) is 0 Å². The van der Waals surface area contributed by atoms with E-state index in [0.29, 0.717) is 5.56 Å². The number of fused-ring (bicyclic) bond motifs is 4. The van der Waals surface area contributed by atoms with Gasteiger partial charge in [0.2, 0.25) is 0 Å². The second-order valence-electron chi connectivity index (χ2n) is 10.3. The monoisotopic (exact) mass is 514 g/mol. The smallest absolute Gasteiger partial charge is 0.166 e. The highest BCUT2D eigenvalue weighted by Crippen LogP contribution is 2.58. The van der Waals surface area contributed by atoms with Crippen LogP contribution in [0.15, 0.2) is 103 Å². The highest BCUT2D eigenvalue weighted by atomic mass is 19.4. The van der Waals surface area contributed by atoms with E-state index in [4.69, 9.17) is 0 Å². The van der Waals surface area contributed by atoms with Gasteiger partial charge in [-0.15, -0.1) is 0 Å². The molecule has 0 saturated carbocycles. The van der Waals surface area contributed by atoms with Gasteiger partial charge in [-0.1, -0.05) is 97.9 Å². The normalized spacial score (nSPS) is 12.3. The third kappa shape index (κ3) is 3.53. The van der Waals surface area contributed by atoms with Gasteiger partial charge >= 0.3 is 6.18 Å². The van der Waals surface area contributed by atoms with Crippen molar-refractivity contribution >= 4 is 21.5 Å². The number of halogens is 3. The molecule has 0 heterocycles. The Morgan fingerprint density at radius 3 is 1.82 bits per heavy atom. The fourth-order valence-electron chi connectivity index (χ4n) is 6.34. The van der Waals surface area contributed by atoms with E-state index in [1.807, 2.05) is 24.3 Å². The zero-order valence-electron chi connectivity index (χ0n) is 21.7. The lowest BCUT2D eigenvalue weighted by Crippen LogP contribution is -2.04. The van der Waals surface area contributed by atoms with Gasteiger partial charge in [0.15, 0.2) is 0 Å². The lowest BCUT2D eigenvalue weighted by molar-refractivity contribution is -0.137. The third-order valence-corrected chi connectivity index (χ3v) is 8.12. The highest BCUT2D eigenvalue weighted by Gasteiger charge is 2.33. The van der Waals surface area contributed by atoms with Crippen LogP contribution in [-0.4, -0.2) is 0 Å². The Labute approximate surface area is 225 Å². The Morgan fingerprint density at radius 1 is 0.564 bits per heavy atom. The summed E-state index contributed by atoms with van der Waals surface area (Å²) in [5.41, 5.74) is 9.80.